The van der Waals surface area contributed by atoms with Gasteiger partial charge >= 0.3 is 0 Å². The number of benzene rings is 1. The number of nitrogens with zero attached hydrogens (tertiary/aromatic N) is 3. The van der Waals surface area contributed by atoms with Gasteiger partial charge in [-0.05, 0) is 37.1 Å². The van der Waals surface area contributed by atoms with Crippen LogP contribution in [-0.2, 0) is 0 Å². The van der Waals surface area contributed by atoms with Gasteiger partial charge in [-0.25, -0.2) is 9.97 Å². The highest BCUT2D eigenvalue weighted by molar-refractivity contribution is 5.71. The van der Waals surface area contributed by atoms with Crippen LogP contribution >= 0.6 is 0 Å². The maximum absolute atomic E-state index is 5.79. The van der Waals surface area contributed by atoms with E-state index < -0.39 is 0 Å². The first-order valence-electron chi connectivity index (χ1n) is 6.07. The number of fused-ring (bicyclic) bond motifs is 1. The Morgan fingerprint density at radius 3 is 2.84 bits per heavy atom. The molecule has 0 radical (unpaired) electrons. The van der Waals surface area contributed by atoms with Crippen molar-refractivity contribution in [2.45, 2.75) is 13.8 Å². The second-order valence-corrected chi connectivity index (χ2v) is 4.60. The van der Waals surface area contributed by atoms with Crippen LogP contribution in [0.2, 0.25) is 0 Å². The molecule has 0 fully saturated rings. The second-order valence-electron chi connectivity index (χ2n) is 4.60. The fourth-order valence-electron chi connectivity index (χ4n) is 1.99. The number of aromatic nitrogens is 3. The van der Waals surface area contributed by atoms with E-state index >= 15 is 0 Å². The van der Waals surface area contributed by atoms with Crippen molar-refractivity contribution in [1.82, 2.24) is 14.4 Å². The van der Waals surface area contributed by atoms with Gasteiger partial charge in [0.15, 0.2) is 11.5 Å². The molecular weight excluding hydrogens is 238 g/mol. The zero-order chi connectivity index (χ0) is 13.4. The van der Waals surface area contributed by atoms with E-state index in [0.29, 0.717) is 11.6 Å². The quantitative estimate of drug-likeness (QED) is 0.736. The Morgan fingerprint density at radius 2 is 2.05 bits per heavy atom. The molecule has 3 N–H and O–H groups in total. The fourth-order valence-corrected chi connectivity index (χ4v) is 1.99. The van der Waals surface area contributed by atoms with Gasteiger partial charge in [-0.2, -0.15) is 0 Å². The number of aryl methyl sites for hydroxylation is 2. The number of nitrogen functional groups attached to an aromatic ring is 1. The van der Waals surface area contributed by atoms with Crippen LogP contribution in [0.25, 0.3) is 5.65 Å². The zero-order valence-electron chi connectivity index (χ0n) is 10.9. The standard InChI is InChI=1S/C14H15N5/c1-9-3-4-11(7-10(9)2)17-13-14-16-5-6-19(14)8-12(15)18-13/h3-8H,15H2,1-2H3,(H,17,18). The highest BCUT2D eigenvalue weighted by atomic mass is 15.1. The molecule has 2 aromatic heterocycles. The SMILES string of the molecule is Cc1ccc(Nc2nc(N)cn3ccnc23)cc1C. The number of hydrogen-bond acceptors (Lipinski definition) is 4. The van der Waals surface area contributed by atoms with Crippen LogP contribution in [0, 0.1) is 13.8 Å². The van der Waals surface area contributed by atoms with Gasteiger partial charge in [0.1, 0.15) is 5.82 Å². The molecule has 0 aliphatic rings. The highest BCUT2D eigenvalue weighted by Crippen LogP contribution is 2.22. The first kappa shape index (κ1) is 11.5. The van der Waals surface area contributed by atoms with Gasteiger partial charge in [0.25, 0.3) is 0 Å². The minimum absolute atomic E-state index is 0.455. The summed E-state index contributed by atoms with van der Waals surface area (Å²) in [6.45, 7) is 4.17. The normalized spacial score (nSPS) is 10.8. The summed E-state index contributed by atoms with van der Waals surface area (Å²) in [7, 11) is 0. The largest absolute Gasteiger partial charge is 0.382 e. The lowest BCUT2D eigenvalue weighted by Gasteiger charge is -2.09. The lowest BCUT2D eigenvalue weighted by molar-refractivity contribution is 1.13. The molecule has 96 valence electrons. The number of anilines is 3. The molecule has 19 heavy (non-hydrogen) atoms. The number of imidazole rings is 1. The minimum Gasteiger partial charge on any atom is -0.382 e. The van der Waals surface area contributed by atoms with Crippen molar-refractivity contribution in [3.8, 4) is 0 Å². The van der Waals surface area contributed by atoms with Gasteiger partial charge in [-0.1, -0.05) is 6.07 Å². The molecule has 0 unspecified atom stereocenters. The minimum atomic E-state index is 0.455. The van der Waals surface area contributed by atoms with E-state index in [-0.39, 0.29) is 0 Å². The Hall–Kier alpha value is -2.56. The van der Waals surface area contributed by atoms with E-state index in [2.05, 4.69) is 41.3 Å². The van der Waals surface area contributed by atoms with Crippen LogP contribution in [-0.4, -0.2) is 14.4 Å². The molecule has 0 atom stereocenters. The Bertz CT molecular complexity index is 745. The molecule has 5 heteroatoms. The summed E-state index contributed by atoms with van der Waals surface area (Å²) < 4.78 is 1.85. The van der Waals surface area contributed by atoms with E-state index in [1.54, 1.807) is 12.4 Å². The monoisotopic (exact) mass is 253 g/mol. The third-order valence-corrected chi connectivity index (χ3v) is 3.16. The lowest BCUT2D eigenvalue weighted by Crippen LogP contribution is -2.02. The van der Waals surface area contributed by atoms with Gasteiger partial charge in [-0.15, -0.1) is 0 Å². The predicted octanol–water partition coefficient (Wildman–Crippen LogP) is 2.67. The van der Waals surface area contributed by atoms with E-state index in [1.807, 2.05) is 16.7 Å². The average Bonchev–Trinajstić information content (AvgIpc) is 2.82. The molecule has 5 nitrogen and oxygen atoms in total. The van der Waals surface area contributed by atoms with Crippen LogP contribution in [0.4, 0.5) is 17.3 Å². The van der Waals surface area contributed by atoms with Crippen molar-refractivity contribution < 1.29 is 0 Å². The lowest BCUT2D eigenvalue weighted by atomic mass is 10.1. The van der Waals surface area contributed by atoms with Gasteiger partial charge < -0.3 is 15.5 Å². The molecule has 0 saturated carbocycles. The molecule has 0 amide bonds. The summed E-state index contributed by atoms with van der Waals surface area (Å²) in [5, 5.41) is 3.27. The highest BCUT2D eigenvalue weighted by Gasteiger charge is 2.06. The van der Waals surface area contributed by atoms with Crippen molar-refractivity contribution >= 4 is 23.0 Å². The van der Waals surface area contributed by atoms with Crippen molar-refractivity contribution in [1.29, 1.82) is 0 Å². The van der Waals surface area contributed by atoms with Crippen LogP contribution < -0.4 is 11.1 Å². The molecule has 0 saturated heterocycles. The molecule has 0 bridgehead atoms. The summed E-state index contributed by atoms with van der Waals surface area (Å²) in [6.07, 6.45) is 5.31. The predicted molar refractivity (Wildman–Crippen MR) is 76.6 cm³/mol. The maximum atomic E-state index is 5.79. The Labute approximate surface area is 111 Å². The third kappa shape index (κ3) is 2.10. The van der Waals surface area contributed by atoms with Crippen LogP contribution in [0.3, 0.4) is 0 Å². The fraction of sp³-hybridized carbons (Fsp3) is 0.143. The van der Waals surface area contributed by atoms with Crippen molar-refractivity contribution in [3.05, 3.63) is 47.9 Å². The molecular formula is C14H15N5. The van der Waals surface area contributed by atoms with Crippen molar-refractivity contribution in [2.75, 3.05) is 11.1 Å². The number of nitrogens with one attached hydrogen (secondary N) is 1. The molecule has 3 aromatic rings. The Kier molecular flexibility index (Phi) is 2.59. The molecule has 0 aliphatic carbocycles. The van der Waals surface area contributed by atoms with Crippen LogP contribution in [0.15, 0.2) is 36.8 Å². The summed E-state index contributed by atoms with van der Waals surface area (Å²) in [5.74, 6) is 1.12. The summed E-state index contributed by atoms with van der Waals surface area (Å²) in [6, 6.07) is 6.18. The molecule has 1 aromatic carbocycles. The van der Waals surface area contributed by atoms with Crippen LogP contribution in [0.1, 0.15) is 11.1 Å². The van der Waals surface area contributed by atoms with Gasteiger partial charge in [-0.3, -0.25) is 0 Å². The van der Waals surface area contributed by atoms with Gasteiger partial charge in [0, 0.05) is 18.1 Å². The maximum Gasteiger partial charge on any atom is 0.180 e. The smallest absolute Gasteiger partial charge is 0.180 e. The Balaban J connectivity index is 2.04. The first-order valence-corrected chi connectivity index (χ1v) is 6.07. The number of rotatable bonds is 2. The topological polar surface area (TPSA) is 68.2 Å². The van der Waals surface area contributed by atoms with Gasteiger partial charge in [0.05, 0.1) is 6.20 Å². The summed E-state index contributed by atoms with van der Waals surface area (Å²) in [5.41, 5.74) is 10.0. The number of nitrogens with two attached hydrogens (primary N) is 1. The number of hydrogen-bond donors (Lipinski definition) is 2. The summed E-state index contributed by atoms with van der Waals surface area (Å²) >= 11 is 0. The average molecular weight is 253 g/mol. The molecule has 0 aliphatic heterocycles. The van der Waals surface area contributed by atoms with Crippen molar-refractivity contribution in [2.24, 2.45) is 0 Å². The molecule has 3 rings (SSSR count). The second kappa shape index (κ2) is 4.28. The van der Waals surface area contributed by atoms with Gasteiger partial charge in [0.2, 0.25) is 0 Å². The zero-order valence-corrected chi connectivity index (χ0v) is 10.9. The molecule has 0 spiro atoms. The van der Waals surface area contributed by atoms with Crippen molar-refractivity contribution in [3.63, 3.8) is 0 Å². The Morgan fingerprint density at radius 1 is 1.21 bits per heavy atom. The molecule has 2 heterocycles. The third-order valence-electron chi connectivity index (χ3n) is 3.16. The first-order chi connectivity index (χ1) is 9.13. The van der Waals surface area contributed by atoms with E-state index in [0.717, 1.165) is 11.3 Å². The van der Waals surface area contributed by atoms with E-state index in [1.165, 1.54) is 11.1 Å². The van der Waals surface area contributed by atoms with Crippen LogP contribution in [0.5, 0.6) is 0 Å². The van der Waals surface area contributed by atoms with E-state index in [4.69, 9.17) is 5.73 Å². The summed E-state index contributed by atoms with van der Waals surface area (Å²) in [4.78, 5) is 8.58. The van der Waals surface area contributed by atoms with E-state index in [9.17, 15) is 0 Å².